The van der Waals surface area contributed by atoms with E-state index in [-0.39, 0.29) is 17.6 Å². The Kier molecular flexibility index (Phi) is 5.91. The van der Waals surface area contributed by atoms with Gasteiger partial charge in [0, 0.05) is 43.9 Å². The monoisotopic (exact) mass is 449 g/mol. The zero-order valence-corrected chi connectivity index (χ0v) is 18.4. The number of likely N-dealkylation sites (tertiary alicyclic amines) is 1. The Labute approximate surface area is 183 Å². The van der Waals surface area contributed by atoms with Crippen molar-refractivity contribution < 1.29 is 18.0 Å². The highest BCUT2D eigenvalue weighted by atomic mass is 19.4. The molecule has 3 aromatic heterocycles. The molecular formula is C21H26F3N7O. The van der Waals surface area contributed by atoms with E-state index in [0.717, 1.165) is 23.5 Å². The minimum atomic E-state index is -4.62. The molecule has 0 aromatic carbocycles. The maximum atomic E-state index is 13.0. The topological polar surface area (TPSA) is 81.2 Å². The van der Waals surface area contributed by atoms with Crippen molar-refractivity contribution in [2.45, 2.75) is 65.1 Å². The van der Waals surface area contributed by atoms with Gasteiger partial charge in [0.15, 0.2) is 0 Å². The maximum absolute atomic E-state index is 13.0. The molecule has 0 spiro atoms. The van der Waals surface area contributed by atoms with Gasteiger partial charge in [-0.05, 0) is 51.7 Å². The van der Waals surface area contributed by atoms with Gasteiger partial charge in [-0.1, -0.05) is 0 Å². The number of alkyl halides is 3. The summed E-state index contributed by atoms with van der Waals surface area (Å²) < 4.78 is 42.1. The Bertz CT molecular complexity index is 1130. The predicted octanol–water partition coefficient (Wildman–Crippen LogP) is 3.32. The van der Waals surface area contributed by atoms with Gasteiger partial charge in [-0.15, -0.1) is 5.10 Å². The zero-order valence-electron chi connectivity index (χ0n) is 18.4. The number of nitrogens with zero attached hydrogens (tertiary/aromatic N) is 7. The molecule has 0 unspecified atom stereocenters. The van der Waals surface area contributed by atoms with E-state index >= 15 is 0 Å². The molecule has 1 aliphatic heterocycles. The fourth-order valence-electron chi connectivity index (χ4n) is 4.46. The molecule has 1 fully saturated rings. The molecule has 1 saturated heterocycles. The molecule has 11 heteroatoms. The summed E-state index contributed by atoms with van der Waals surface area (Å²) in [5, 5.41) is 8.14. The largest absolute Gasteiger partial charge is 0.453 e. The highest BCUT2D eigenvalue weighted by Gasteiger charge is 2.37. The van der Waals surface area contributed by atoms with Gasteiger partial charge < -0.3 is 4.90 Å². The first-order valence-corrected chi connectivity index (χ1v) is 10.8. The average Bonchev–Trinajstić information content (AvgIpc) is 3.33. The van der Waals surface area contributed by atoms with E-state index in [1.807, 2.05) is 30.4 Å². The van der Waals surface area contributed by atoms with Crippen molar-refractivity contribution in [1.29, 1.82) is 0 Å². The van der Waals surface area contributed by atoms with E-state index in [1.165, 1.54) is 10.7 Å². The molecular weight excluding hydrogens is 423 g/mol. The number of amides is 1. The number of carbonyl (C=O) groups excluding carboxylic acids is 1. The molecule has 172 valence electrons. The molecule has 1 aliphatic rings. The Hall–Kier alpha value is -2.98. The van der Waals surface area contributed by atoms with Crippen molar-refractivity contribution >= 4 is 11.7 Å². The van der Waals surface area contributed by atoms with Gasteiger partial charge in [-0.25, -0.2) is 9.50 Å². The molecule has 0 bridgehead atoms. The average molecular weight is 449 g/mol. The van der Waals surface area contributed by atoms with E-state index < -0.39 is 12.0 Å². The fourth-order valence-corrected chi connectivity index (χ4v) is 4.46. The first kappa shape index (κ1) is 22.2. The van der Waals surface area contributed by atoms with E-state index in [1.54, 1.807) is 6.07 Å². The lowest BCUT2D eigenvalue weighted by atomic mass is 9.93. The van der Waals surface area contributed by atoms with Crippen LogP contribution in [0.25, 0.3) is 5.78 Å². The summed E-state index contributed by atoms with van der Waals surface area (Å²) in [5.74, 6) is -1.18. The highest BCUT2D eigenvalue weighted by Crippen LogP contribution is 2.30. The summed E-state index contributed by atoms with van der Waals surface area (Å²) in [6.07, 6.45) is -0.793. The third-order valence-corrected chi connectivity index (χ3v) is 6.21. The lowest BCUT2D eigenvalue weighted by molar-refractivity contribution is -0.144. The van der Waals surface area contributed by atoms with Crippen LogP contribution in [0.4, 0.5) is 13.2 Å². The Morgan fingerprint density at radius 3 is 2.53 bits per heavy atom. The van der Waals surface area contributed by atoms with Crippen molar-refractivity contribution in [3.8, 4) is 0 Å². The summed E-state index contributed by atoms with van der Waals surface area (Å²) in [7, 11) is 0. The number of carbonyl (C=O) groups is 1. The third-order valence-electron chi connectivity index (χ3n) is 6.21. The molecule has 0 aliphatic carbocycles. The molecule has 32 heavy (non-hydrogen) atoms. The summed E-state index contributed by atoms with van der Waals surface area (Å²) in [6, 6.07) is 1.68. The number of aromatic nitrogens is 6. The second-order valence-electron chi connectivity index (χ2n) is 8.13. The Morgan fingerprint density at radius 2 is 1.91 bits per heavy atom. The van der Waals surface area contributed by atoms with Gasteiger partial charge in [0.2, 0.25) is 5.91 Å². The normalized spacial score (nSPS) is 15.6. The molecule has 3 aromatic rings. The van der Waals surface area contributed by atoms with Crippen molar-refractivity contribution in [3.05, 3.63) is 40.7 Å². The number of rotatable bonds is 5. The van der Waals surface area contributed by atoms with Crippen LogP contribution in [0.15, 0.2) is 12.3 Å². The first-order valence-electron chi connectivity index (χ1n) is 10.8. The smallest absolute Gasteiger partial charge is 0.343 e. The summed E-state index contributed by atoms with van der Waals surface area (Å²) in [4.78, 5) is 22.0. The molecule has 4 heterocycles. The second kappa shape index (κ2) is 8.51. The van der Waals surface area contributed by atoms with Crippen LogP contribution in [0.1, 0.15) is 60.6 Å². The Morgan fingerprint density at radius 1 is 1.19 bits per heavy atom. The van der Waals surface area contributed by atoms with Gasteiger partial charge in [0.25, 0.3) is 11.6 Å². The van der Waals surface area contributed by atoms with Crippen molar-refractivity contribution in [2.75, 3.05) is 13.1 Å². The van der Waals surface area contributed by atoms with Gasteiger partial charge in [0.05, 0.1) is 11.4 Å². The Balaban J connectivity index is 1.40. The summed E-state index contributed by atoms with van der Waals surface area (Å²) in [6.45, 7) is 7.94. The molecule has 0 N–H and O–H groups in total. The number of fused-ring (bicyclic) bond motifs is 1. The van der Waals surface area contributed by atoms with Crippen LogP contribution < -0.4 is 0 Å². The molecule has 4 rings (SSSR count). The number of hydrogen-bond donors (Lipinski definition) is 0. The van der Waals surface area contributed by atoms with E-state index in [9.17, 15) is 18.0 Å². The first-order chi connectivity index (χ1) is 15.2. The van der Waals surface area contributed by atoms with Crippen LogP contribution in [0, 0.1) is 13.8 Å². The molecule has 0 saturated carbocycles. The van der Waals surface area contributed by atoms with Crippen LogP contribution in [-0.4, -0.2) is 53.3 Å². The number of aryl methyl sites for hydroxylation is 2. The van der Waals surface area contributed by atoms with Gasteiger partial charge in [-0.2, -0.15) is 23.3 Å². The van der Waals surface area contributed by atoms with Crippen molar-refractivity contribution in [3.63, 3.8) is 0 Å². The number of hydrogen-bond acceptors (Lipinski definition) is 5. The van der Waals surface area contributed by atoms with Crippen LogP contribution in [0.5, 0.6) is 0 Å². The number of halogens is 3. The van der Waals surface area contributed by atoms with Gasteiger partial charge in [0.1, 0.15) is 0 Å². The number of piperidine rings is 1. The van der Waals surface area contributed by atoms with Gasteiger partial charge in [-0.3, -0.25) is 9.48 Å². The van der Waals surface area contributed by atoms with Crippen LogP contribution in [-0.2, 0) is 23.9 Å². The standard InChI is InChI=1S/C21H26F3N7O/c1-4-30-14(3)16(13(2)27-30)5-6-18(32)29-11-8-15(9-12-29)17-7-10-25-20-26-19(21(22,23)24)28-31(17)20/h7,10,15H,4-6,8-9,11-12H2,1-3H3. The molecule has 0 atom stereocenters. The maximum Gasteiger partial charge on any atom is 0.453 e. The second-order valence-corrected chi connectivity index (χ2v) is 8.13. The lowest BCUT2D eigenvalue weighted by Gasteiger charge is -2.32. The fraction of sp³-hybridized carbons (Fsp3) is 0.571. The van der Waals surface area contributed by atoms with Crippen LogP contribution in [0.2, 0.25) is 0 Å². The summed E-state index contributed by atoms with van der Waals surface area (Å²) in [5.41, 5.74) is 3.83. The molecule has 1 amide bonds. The summed E-state index contributed by atoms with van der Waals surface area (Å²) >= 11 is 0. The third kappa shape index (κ3) is 4.20. The lowest BCUT2D eigenvalue weighted by Crippen LogP contribution is -2.38. The van der Waals surface area contributed by atoms with E-state index in [2.05, 4.69) is 20.2 Å². The predicted molar refractivity (Wildman–Crippen MR) is 110 cm³/mol. The SMILES string of the molecule is CCn1nc(C)c(CCC(=O)N2CCC(c3ccnc4nc(C(F)(F)F)nn34)CC2)c1C. The van der Waals surface area contributed by atoms with E-state index in [4.69, 9.17) is 0 Å². The minimum absolute atomic E-state index is 0.0143. The van der Waals surface area contributed by atoms with Crippen LogP contribution in [0.3, 0.4) is 0 Å². The highest BCUT2D eigenvalue weighted by molar-refractivity contribution is 5.76. The zero-order chi connectivity index (χ0) is 23.0. The van der Waals surface area contributed by atoms with Crippen molar-refractivity contribution in [2.24, 2.45) is 0 Å². The minimum Gasteiger partial charge on any atom is -0.343 e. The molecule has 0 radical (unpaired) electrons. The van der Waals surface area contributed by atoms with Crippen LogP contribution >= 0.6 is 0 Å². The molecule has 8 nitrogen and oxygen atoms in total. The van der Waals surface area contributed by atoms with E-state index in [0.29, 0.717) is 44.5 Å². The van der Waals surface area contributed by atoms with Gasteiger partial charge >= 0.3 is 6.18 Å². The quantitative estimate of drug-likeness (QED) is 0.597. The van der Waals surface area contributed by atoms with Crippen molar-refractivity contribution in [1.82, 2.24) is 34.3 Å².